The zero-order valence-electron chi connectivity index (χ0n) is 9.18. The van der Waals surface area contributed by atoms with Crippen LogP contribution in [0.1, 0.15) is 10.5 Å². The smallest absolute Gasteiger partial charge is 0.274 e. The highest BCUT2D eigenvalue weighted by Gasteiger charge is 2.12. The summed E-state index contributed by atoms with van der Waals surface area (Å²) in [5, 5.41) is 3.15. The highest BCUT2D eigenvalue weighted by Crippen LogP contribution is 2.14. The number of nitrogens with zero attached hydrogens (tertiary/aromatic N) is 2. The van der Waals surface area contributed by atoms with Gasteiger partial charge in [-0.05, 0) is 11.5 Å². The fraction of sp³-hybridized carbons (Fsp3) is 0.167. The van der Waals surface area contributed by atoms with E-state index in [4.69, 9.17) is 4.84 Å². The van der Waals surface area contributed by atoms with Gasteiger partial charge < -0.3 is 0 Å². The van der Waals surface area contributed by atoms with Crippen molar-refractivity contribution in [2.24, 2.45) is 0 Å². The third-order valence-electron chi connectivity index (χ3n) is 2.41. The Bertz CT molecular complexity index is 525. The number of carbonyl (C=O) groups excluding carboxylic acids is 1. The molecule has 4 heteroatoms. The molecule has 4 nitrogen and oxygen atoms in total. The second-order valence-corrected chi connectivity index (χ2v) is 3.40. The lowest BCUT2D eigenvalue weighted by Gasteiger charge is -2.12. The lowest BCUT2D eigenvalue weighted by Crippen LogP contribution is -2.26. The van der Waals surface area contributed by atoms with E-state index in [0.717, 1.165) is 15.8 Å². The maximum Gasteiger partial charge on any atom is 0.295 e. The van der Waals surface area contributed by atoms with Gasteiger partial charge in [0.25, 0.3) is 5.91 Å². The molecule has 0 spiro atoms. The number of hydroxylamine groups is 2. The summed E-state index contributed by atoms with van der Waals surface area (Å²) in [6.07, 6.45) is 1.69. The normalized spacial score (nSPS) is 10.4. The Kier molecular flexibility index (Phi) is 2.83. The van der Waals surface area contributed by atoms with Crippen molar-refractivity contribution in [2.45, 2.75) is 0 Å². The van der Waals surface area contributed by atoms with Gasteiger partial charge in [-0.2, -0.15) is 0 Å². The first kappa shape index (κ1) is 10.6. The molecule has 1 amide bonds. The molecule has 0 radical (unpaired) electrons. The highest BCUT2D eigenvalue weighted by molar-refractivity contribution is 5.95. The van der Waals surface area contributed by atoms with E-state index < -0.39 is 0 Å². The summed E-state index contributed by atoms with van der Waals surface area (Å²) in [6.45, 7) is 0. The van der Waals surface area contributed by atoms with Crippen molar-refractivity contribution in [1.82, 2.24) is 10.0 Å². The second kappa shape index (κ2) is 4.28. The average Bonchev–Trinajstić information content (AvgIpc) is 2.36. The topological polar surface area (TPSA) is 42.4 Å². The van der Waals surface area contributed by atoms with Gasteiger partial charge in [-0.3, -0.25) is 14.6 Å². The van der Waals surface area contributed by atoms with Crippen molar-refractivity contribution < 1.29 is 9.63 Å². The van der Waals surface area contributed by atoms with Crippen molar-refractivity contribution in [1.29, 1.82) is 0 Å². The molecule has 0 N–H and O–H groups in total. The molecule has 0 fully saturated rings. The first-order valence-electron chi connectivity index (χ1n) is 4.89. The van der Waals surface area contributed by atoms with Crippen LogP contribution in [-0.2, 0) is 4.84 Å². The number of carbonyl (C=O) groups is 1. The number of hydrogen-bond donors (Lipinski definition) is 0. The van der Waals surface area contributed by atoms with Crippen LogP contribution in [0.4, 0.5) is 0 Å². The first-order valence-corrected chi connectivity index (χ1v) is 4.89. The van der Waals surface area contributed by atoms with Crippen molar-refractivity contribution in [2.75, 3.05) is 14.2 Å². The van der Waals surface area contributed by atoms with Crippen LogP contribution in [0.5, 0.6) is 0 Å². The number of hydrogen-bond acceptors (Lipinski definition) is 3. The van der Waals surface area contributed by atoms with Gasteiger partial charge in [0.1, 0.15) is 5.69 Å². The largest absolute Gasteiger partial charge is 0.295 e. The van der Waals surface area contributed by atoms with Gasteiger partial charge in [-0.25, -0.2) is 5.06 Å². The van der Waals surface area contributed by atoms with E-state index >= 15 is 0 Å². The lowest BCUT2D eigenvalue weighted by atomic mass is 10.1. The third-order valence-corrected chi connectivity index (χ3v) is 2.41. The number of amides is 1. The van der Waals surface area contributed by atoms with Crippen LogP contribution in [0, 0.1) is 0 Å². The second-order valence-electron chi connectivity index (χ2n) is 3.40. The lowest BCUT2D eigenvalue weighted by molar-refractivity contribution is -0.0760. The molecule has 0 bridgehead atoms. The molecule has 0 aliphatic carbocycles. The minimum atomic E-state index is -0.256. The molecule has 0 saturated heterocycles. The minimum Gasteiger partial charge on any atom is -0.274 e. The molecule has 1 aromatic heterocycles. The zero-order chi connectivity index (χ0) is 11.5. The van der Waals surface area contributed by atoms with Crippen LogP contribution in [-0.4, -0.2) is 30.1 Å². The molecule has 1 aromatic carbocycles. The molecular weight excluding hydrogens is 204 g/mol. The van der Waals surface area contributed by atoms with Gasteiger partial charge in [0, 0.05) is 18.6 Å². The summed E-state index contributed by atoms with van der Waals surface area (Å²) in [5.74, 6) is -0.256. The number of aromatic nitrogens is 1. The van der Waals surface area contributed by atoms with Gasteiger partial charge in [0.05, 0.1) is 7.11 Å². The number of benzene rings is 1. The molecule has 0 saturated carbocycles. The summed E-state index contributed by atoms with van der Waals surface area (Å²) < 4.78 is 0. The van der Waals surface area contributed by atoms with Crippen molar-refractivity contribution in [3.63, 3.8) is 0 Å². The van der Waals surface area contributed by atoms with E-state index in [2.05, 4.69) is 4.98 Å². The van der Waals surface area contributed by atoms with Crippen LogP contribution >= 0.6 is 0 Å². The molecular formula is C12H12N2O2. The molecule has 0 atom stereocenters. The zero-order valence-corrected chi connectivity index (χ0v) is 9.18. The highest BCUT2D eigenvalue weighted by atomic mass is 16.7. The predicted molar refractivity (Wildman–Crippen MR) is 60.8 cm³/mol. The molecule has 0 aliphatic heterocycles. The predicted octanol–water partition coefficient (Wildman–Crippen LogP) is 1.87. The monoisotopic (exact) mass is 216 g/mol. The Labute approximate surface area is 93.4 Å². The van der Waals surface area contributed by atoms with E-state index in [1.807, 2.05) is 24.3 Å². The number of pyridine rings is 1. The van der Waals surface area contributed by atoms with Crippen LogP contribution < -0.4 is 0 Å². The number of fused-ring (bicyclic) bond motifs is 1. The first-order chi connectivity index (χ1) is 7.72. The maximum absolute atomic E-state index is 11.8. The Morgan fingerprint density at radius 1 is 1.31 bits per heavy atom. The fourth-order valence-electron chi connectivity index (χ4n) is 1.44. The minimum absolute atomic E-state index is 0.256. The molecule has 0 aliphatic rings. The van der Waals surface area contributed by atoms with Crippen LogP contribution in [0.15, 0.2) is 36.5 Å². The molecule has 1 heterocycles. The molecule has 2 aromatic rings. The van der Waals surface area contributed by atoms with E-state index in [-0.39, 0.29) is 5.91 Å². The summed E-state index contributed by atoms with van der Waals surface area (Å²) >= 11 is 0. The summed E-state index contributed by atoms with van der Waals surface area (Å²) in [4.78, 5) is 20.7. The SMILES string of the molecule is CON(C)C(=O)c1cc2ccccc2cn1. The van der Waals surface area contributed by atoms with Crippen LogP contribution in [0.3, 0.4) is 0 Å². The van der Waals surface area contributed by atoms with Gasteiger partial charge in [-0.1, -0.05) is 24.3 Å². The van der Waals surface area contributed by atoms with Crippen molar-refractivity contribution in [3.05, 3.63) is 42.2 Å². The van der Waals surface area contributed by atoms with Gasteiger partial charge >= 0.3 is 0 Å². The van der Waals surface area contributed by atoms with Gasteiger partial charge in [-0.15, -0.1) is 0 Å². The van der Waals surface area contributed by atoms with E-state index in [9.17, 15) is 4.79 Å². The Balaban J connectivity index is 2.43. The van der Waals surface area contributed by atoms with Crippen molar-refractivity contribution in [3.8, 4) is 0 Å². The van der Waals surface area contributed by atoms with Crippen LogP contribution in [0.25, 0.3) is 10.8 Å². The number of rotatable bonds is 2. The van der Waals surface area contributed by atoms with E-state index in [1.165, 1.54) is 7.11 Å². The molecule has 0 unspecified atom stereocenters. The van der Waals surface area contributed by atoms with Crippen molar-refractivity contribution >= 4 is 16.7 Å². The Hall–Kier alpha value is -1.94. The van der Waals surface area contributed by atoms with E-state index in [0.29, 0.717) is 5.69 Å². The summed E-state index contributed by atoms with van der Waals surface area (Å²) in [7, 11) is 3.00. The third kappa shape index (κ3) is 1.87. The average molecular weight is 216 g/mol. The Morgan fingerprint density at radius 2 is 2.00 bits per heavy atom. The van der Waals surface area contributed by atoms with E-state index in [1.54, 1.807) is 19.3 Å². The van der Waals surface area contributed by atoms with Gasteiger partial charge in [0.2, 0.25) is 0 Å². The fourth-order valence-corrected chi connectivity index (χ4v) is 1.44. The standard InChI is InChI=1S/C12H12N2O2/c1-14(16-2)12(15)11-7-9-5-3-4-6-10(9)8-13-11/h3-8H,1-2H3. The maximum atomic E-state index is 11.8. The molecule has 16 heavy (non-hydrogen) atoms. The quantitative estimate of drug-likeness (QED) is 0.720. The summed E-state index contributed by atoms with van der Waals surface area (Å²) in [5.41, 5.74) is 0.378. The van der Waals surface area contributed by atoms with Crippen LogP contribution in [0.2, 0.25) is 0 Å². The Morgan fingerprint density at radius 3 is 2.69 bits per heavy atom. The van der Waals surface area contributed by atoms with Gasteiger partial charge in [0.15, 0.2) is 0 Å². The molecule has 82 valence electrons. The molecule has 2 rings (SSSR count). The summed E-state index contributed by atoms with van der Waals surface area (Å²) in [6, 6.07) is 9.52.